The second kappa shape index (κ2) is 5.66. The van der Waals surface area contributed by atoms with Crippen LogP contribution in [0.3, 0.4) is 0 Å². The summed E-state index contributed by atoms with van der Waals surface area (Å²) in [6, 6.07) is 9.85. The second-order valence-electron chi connectivity index (χ2n) is 4.25. The Morgan fingerprint density at radius 1 is 1.19 bits per heavy atom. The summed E-state index contributed by atoms with van der Waals surface area (Å²) in [6.07, 6.45) is 3.00. The van der Waals surface area contributed by atoms with E-state index in [-0.39, 0.29) is 5.91 Å². The van der Waals surface area contributed by atoms with Gasteiger partial charge in [-0.3, -0.25) is 9.69 Å². The number of carbonyl (C=O) groups is 1. The Hall–Kier alpha value is -1.35. The van der Waals surface area contributed by atoms with Gasteiger partial charge in [-0.2, -0.15) is 0 Å². The fourth-order valence-electron chi connectivity index (χ4n) is 1.98. The number of nitrogens with one attached hydrogen (secondary N) is 1. The summed E-state index contributed by atoms with van der Waals surface area (Å²) in [4.78, 5) is 13.9. The number of likely N-dealkylation sites (tertiary alicyclic amines) is 1. The molecule has 1 aromatic rings. The molecule has 3 nitrogen and oxygen atoms in total. The molecule has 1 fully saturated rings. The molecule has 0 bridgehead atoms. The molecule has 0 aliphatic carbocycles. The maximum absolute atomic E-state index is 11.6. The molecule has 1 aliphatic rings. The Morgan fingerprint density at radius 3 is 2.56 bits per heavy atom. The van der Waals surface area contributed by atoms with Gasteiger partial charge in [0.15, 0.2) is 0 Å². The van der Waals surface area contributed by atoms with E-state index in [2.05, 4.69) is 10.2 Å². The van der Waals surface area contributed by atoms with Crippen LogP contribution in [0.15, 0.2) is 30.3 Å². The van der Waals surface area contributed by atoms with Crippen LogP contribution in [-0.2, 0) is 11.2 Å². The van der Waals surface area contributed by atoms with E-state index in [0.29, 0.717) is 13.1 Å². The van der Waals surface area contributed by atoms with Crippen LogP contribution in [0, 0.1) is 0 Å². The van der Waals surface area contributed by atoms with E-state index in [4.69, 9.17) is 0 Å². The van der Waals surface area contributed by atoms with Crippen molar-refractivity contribution in [3.63, 3.8) is 0 Å². The SMILES string of the molecule is O=C(Cc1ccccc1)NCN1CCCC1. The lowest BCUT2D eigenvalue weighted by molar-refractivity contribution is -0.121. The molecule has 0 aromatic heterocycles. The molecular weight excluding hydrogens is 200 g/mol. The zero-order valence-corrected chi connectivity index (χ0v) is 9.48. The van der Waals surface area contributed by atoms with Crippen molar-refractivity contribution in [2.45, 2.75) is 19.3 Å². The highest BCUT2D eigenvalue weighted by Gasteiger charge is 2.11. The number of amides is 1. The third-order valence-electron chi connectivity index (χ3n) is 2.91. The van der Waals surface area contributed by atoms with Gasteiger partial charge in [-0.25, -0.2) is 0 Å². The molecule has 0 atom stereocenters. The monoisotopic (exact) mass is 218 g/mol. The number of rotatable bonds is 4. The normalized spacial score (nSPS) is 16.2. The van der Waals surface area contributed by atoms with E-state index in [1.807, 2.05) is 30.3 Å². The number of carbonyl (C=O) groups excluding carboxylic acids is 1. The molecule has 1 amide bonds. The van der Waals surface area contributed by atoms with E-state index in [1.54, 1.807) is 0 Å². The summed E-state index contributed by atoms with van der Waals surface area (Å²) in [7, 11) is 0. The van der Waals surface area contributed by atoms with Crippen molar-refractivity contribution < 1.29 is 4.79 Å². The van der Waals surface area contributed by atoms with Crippen molar-refractivity contribution in [2.24, 2.45) is 0 Å². The average molecular weight is 218 g/mol. The fourth-order valence-corrected chi connectivity index (χ4v) is 1.98. The molecule has 1 N–H and O–H groups in total. The van der Waals surface area contributed by atoms with Crippen LogP contribution < -0.4 is 5.32 Å². The van der Waals surface area contributed by atoms with Crippen LogP contribution in [0.2, 0.25) is 0 Å². The fraction of sp³-hybridized carbons (Fsp3) is 0.462. The van der Waals surface area contributed by atoms with Gasteiger partial charge >= 0.3 is 0 Å². The van der Waals surface area contributed by atoms with Crippen molar-refractivity contribution >= 4 is 5.91 Å². The highest BCUT2D eigenvalue weighted by molar-refractivity contribution is 5.78. The van der Waals surface area contributed by atoms with E-state index in [9.17, 15) is 4.79 Å². The smallest absolute Gasteiger partial charge is 0.225 e. The summed E-state index contributed by atoms with van der Waals surface area (Å²) in [5.74, 6) is 0.109. The van der Waals surface area contributed by atoms with Crippen LogP contribution >= 0.6 is 0 Å². The maximum atomic E-state index is 11.6. The standard InChI is InChI=1S/C13H18N2O/c16-13(10-12-6-2-1-3-7-12)14-11-15-8-4-5-9-15/h1-3,6-7H,4-5,8-11H2,(H,14,16). The lowest BCUT2D eigenvalue weighted by atomic mass is 10.1. The topological polar surface area (TPSA) is 32.3 Å². The summed E-state index contributed by atoms with van der Waals surface area (Å²) < 4.78 is 0. The van der Waals surface area contributed by atoms with Crippen LogP contribution in [0.1, 0.15) is 18.4 Å². The molecule has 1 heterocycles. The highest BCUT2D eigenvalue weighted by atomic mass is 16.1. The zero-order chi connectivity index (χ0) is 11.2. The molecule has 1 aliphatic heterocycles. The minimum absolute atomic E-state index is 0.109. The van der Waals surface area contributed by atoms with Crippen LogP contribution in [0.25, 0.3) is 0 Å². The van der Waals surface area contributed by atoms with Crippen LogP contribution in [-0.4, -0.2) is 30.6 Å². The van der Waals surface area contributed by atoms with Gasteiger partial charge in [0.2, 0.25) is 5.91 Å². The van der Waals surface area contributed by atoms with Gasteiger partial charge in [0.1, 0.15) is 0 Å². The Bertz CT molecular complexity index is 331. The largest absolute Gasteiger partial charge is 0.343 e. The van der Waals surface area contributed by atoms with E-state index in [1.165, 1.54) is 12.8 Å². The molecular formula is C13H18N2O. The van der Waals surface area contributed by atoms with Crippen LogP contribution in [0.5, 0.6) is 0 Å². The van der Waals surface area contributed by atoms with Crippen molar-refractivity contribution in [3.05, 3.63) is 35.9 Å². The highest BCUT2D eigenvalue weighted by Crippen LogP contribution is 2.05. The third-order valence-corrected chi connectivity index (χ3v) is 2.91. The molecule has 2 rings (SSSR count). The Morgan fingerprint density at radius 2 is 1.88 bits per heavy atom. The molecule has 3 heteroatoms. The van der Waals surface area contributed by atoms with Gasteiger partial charge < -0.3 is 5.32 Å². The number of hydrogen-bond donors (Lipinski definition) is 1. The molecule has 86 valence electrons. The molecule has 0 spiro atoms. The lowest BCUT2D eigenvalue weighted by Crippen LogP contribution is -2.36. The second-order valence-corrected chi connectivity index (χ2v) is 4.25. The van der Waals surface area contributed by atoms with Crippen molar-refractivity contribution in [3.8, 4) is 0 Å². The number of benzene rings is 1. The molecule has 1 aromatic carbocycles. The summed E-state index contributed by atoms with van der Waals surface area (Å²) in [5.41, 5.74) is 1.07. The summed E-state index contributed by atoms with van der Waals surface area (Å²) in [5, 5.41) is 2.96. The first kappa shape index (κ1) is 11.1. The average Bonchev–Trinajstić information content (AvgIpc) is 2.81. The van der Waals surface area contributed by atoms with Crippen LogP contribution in [0.4, 0.5) is 0 Å². The van der Waals surface area contributed by atoms with Gasteiger partial charge in [-0.15, -0.1) is 0 Å². The van der Waals surface area contributed by atoms with E-state index < -0.39 is 0 Å². The zero-order valence-electron chi connectivity index (χ0n) is 9.48. The quantitative estimate of drug-likeness (QED) is 0.828. The predicted octanol–water partition coefficient (Wildman–Crippen LogP) is 1.40. The number of hydrogen-bond acceptors (Lipinski definition) is 2. The summed E-state index contributed by atoms with van der Waals surface area (Å²) in [6.45, 7) is 2.93. The van der Waals surface area contributed by atoms with Gasteiger partial charge in [0, 0.05) is 0 Å². The van der Waals surface area contributed by atoms with Gasteiger partial charge in [-0.1, -0.05) is 30.3 Å². The first-order valence-corrected chi connectivity index (χ1v) is 5.87. The number of nitrogens with zero attached hydrogens (tertiary/aromatic N) is 1. The minimum Gasteiger partial charge on any atom is -0.343 e. The molecule has 0 radical (unpaired) electrons. The Labute approximate surface area is 96.5 Å². The van der Waals surface area contributed by atoms with Gasteiger partial charge in [-0.05, 0) is 31.5 Å². The Kier molecular flexibility index (Phi) is 3.94. The first-order chi connectivity index (χ1) is 7.84. The third kappa shape index (κ3) is 3.35. The van der Waals surface area contributed by atoms with Gasteiger partial charge in [0.05, 0.1) is 13.1 Å². The van der Waals surface area contributed by atoms with Crippen molar-refractivity contribution in [2.75, 3.05) is 19.8 Å². The van der Waals surface area contributed by atoms with E-state index >= 15 is 0 Å². The van der Waals surface area contributed by atoms with Crippen molar-refractivity contribution in [1.82, 2.24) is 10.2 Å². The summed E-state index contributed by atoms with van der Waals surface area (Å²) >= 11 is 0. The Balaban J connectivity index is 1.72. The first-order valence-electron chi connectivity index (χ1n) is 5.87. The van der Waals surface area contributed by atoms with Crippen molar-refractivity contribution in [1.29, 1.82) is 0 Å². The van der Waals surface area contributed by atoms with E-state index in [0.717, 1.165) is 18.7 Å². The molecule has 1 saturated heterocycles. The van der Waals surface area contributed by atoms with Gasteiger partial charge in [0.25, 0.3) is 0 Å². The predicted molar refractivity (Wildman–Crippen MR) is 64.0 cm³/mol. The maximum Gasteiger partial charge on any atom is 0.225 e. The molecule has 0 unspecified atom stereocenters. The molecule has 16 heavy (non-hydrogen) atoms. The lowest BCUT2D eigenvalue weighted by Gasteiger charge is -2.15. The minimum atomic E-state index is 0.109. The molecule has 0 saturated carbocycles.